The number of nitrogens with one attached hydrogen (secondary N) is 1. The second-order valence-corrected chi connectivity index (χ2v) is 7.92. The van der Waals surface area contributed by atoms with Crippen molar-refractivity contribution in [2.75, 3.05) is 32.8 Å². The second-order valence-electron chi connectivity index (χ2n) is 7.92. The second kappa shape index (κ2) is 11.4. The molecule has 0 bridgehead atoms. The van der Waals surface area contributed by atoms with E-state index in [9.17, 15) is 14.7 Å². The molecule has 2 aliphatic heterocycles. The highest BCUT2D eigenvalue weighted by Crippen LogP contribution is 2.36. The van der Waals surface area contributed by atoms with Crippen molar-refractivity contribution >= 4 is 11.8 Å². The molecule has 1 saturated heterocycles. The normalized spacial score (nSPS) is 25.0. The summed E-state index contributed by atoms with van der Waals surface area (Å²) in [6.07, 6.45) is 5.22. The van der Waals surface area contributed by atoms with Crippen LogP contribution in [0.15, 0.2) is 11.8 Å². The van der Waals surface area contributed by atoms with E-state index in [1.54, 1.807) is 0 Å². The molecular formula is C21H36N2O5. The van der Waals surface area contributed by atoms with Crippen molar-refractivity contribution in [3.05, 3.63) is 11.8 Å². The molecule has 1 fully saturated rings. The summed E-state index contributed by atoms with van der Waals surface area (Å²) in [6.45, 7) is 8.81. The van der Waals surface area contributed by atoms with Gasteiger partial charge in [0.1, 0.15) is 0 Å². The van der Waals surface area contributed by atoms with Crippen molar-refractivity contribution in [2.24, 2.45) is 17.8 Å². The number of aliphatic hydroxyl groups excluding tert-OH is 1. The Labute approximate surface area is 168 Å². The van der Waals surface area contributed by atoms with Crippen LogP contribution in [-0.2, 0) is 19.1 Å². The van der Waals surface area contributed by atoms with Crippen LogP contribution in [0.5, 0.6) is 0 Å². The maximum Gasteiger partial charge on any atom is 0.286 e. The first-order chi connectivity index (χ1) is 13.5. The summed E-state index contributed by atoms with van der Waals surface area (Å²) in [5.74, 6) is 0.889. The third kappa shape index (κ3) is 6.21. The molecule has 2 heterocycles. The van der Waals surface area contributed by atoms with Gasteiger partial charge in [-0.25, -0.2) is 0 Å². The van der Waals surface area contributed by atoms with Gasteiger partial charge in [-0.05, 0) is 50.5 Å². The third-order valence-corrected chi connectivity index (χ3v) is 5.51. The number of ether oxygens (including phenoxy) is 2. The third-order valence-electron chi connectivity index (χ3n) is 5.51. The minimum atomic E-state index is -0.475. The topological polar surface area (TPSA) is 88.1 Å². The van der Waals surface area contributed by atoms with Gasteiger partial charge in [-0.1, -0.05) is 13.8 Å². The van der Waals surface area contributed by atoms with Gasteiger partial charge >= 0.3 is 0 Å². The highest BCUT2D eigenvalue weighted by molar-refractivity contribution is 5.91. The Hall–Kier alpha value is -1.60. The van der Waals surface area contributed by atoms with Crippen LogP contribution < -0.4 is 5.32 Å². The number of allylic oxidation sites excluding steroid dienone is 1. The van der Waals surface area contributed by atoms with E-state index in [1.165, 1.54) is 0 Å². The van der Waals surface area contributed by atoms with Crippen molar-refractivity contribution in [1.82, 2.24) is 10.2 Å². The number of hydrogen-bond donors (Lipinski definition) is 2. The van der Waals surface area contributed by atoms with E-state index in [-0.39, 0.29) is 30.3 Å². The van der Waals surface area contributed by atoms with Gasteiger partial charge in [0.2, 0.25) is 12.2 Å². The average molecular weight is 397 g/mol. The van der Waals surface area contributed by atoms with E-state index >= 15 is 0 Å². The molecule has 0 saturated carbocycles. The summed E-state index contributed by atoms with van der Waals surface area (Å²) in [4.78, 5) is 26.1. The van der Waals surface area contributed by atoms with Crippen molar-refractivity contribution in [1.29, 1.82) is 0 Å². The smallest absolute Gasteiger partial charge is 0.286 e. The zero-order chi connectivity index (χ0) is 20.5. The van der Waals surface area contributed by atoms with Crippen molar-refractivity contribution < 1.29 is 24.2 Å². The van der Waals surface area contributed by atoms with Gasteiger partial charge in [-0.3, -0.25) is 9.59 Å². The van der Waals surface area contributed by atoms with Crippen LogP contribution in [0.1, 0.15) is 52.9 Å². The van der Waals surface area contributed by atoms with Gasteiger partial charge in [-0.2, -0.15) is 0 Å². The number of rotatable bonds is 11. The monoisotopic (exact) mass is 396 g/mol. The summed E-state index contributed by atoms with van der Waals surface area (Å²) in [6, 6.07) is 0. The van der Waals surface area contributed by atoms with Crippen molar-refractivity contribution in [3.8, 4) is 0 Å². The van der Waals surface area contributed by atoms with E-state index in [0.717, 1.165) is 25.8 Å². The number of amides is 2. The van der Waals surface area contributed by atoms with Crippen LogP contribution in [0.25, 0.3) is 0 Å². The lowest BCUT2D eigenvalue weighted by molar-refractivity contribution is -0.175. The Morgan fingerprint density at radius 1 is 1.43 bits per heavy atom. The first-order valence-corrected chi connectivity index (χ1v) is 10.6. The SMILES string of the molecule is CCO[C@H]1OC(C(=O)NCCCN2CCCC2=O)=C[C@@H](C(C)C)[C@H]1CCCO. The zero-order valence-electron chi connectivity index (χ0n) is 17.5. The van der Waals surface area contributed by atoms with Gasteiger partial charge in [0.25, 0.3) is 5.91 Å². The van der Waals surface area contributed by atoms with Crippen LogP contribution in [0.2, 0.25) is 0 Å². The molecule has 0 radical (unpaired) electrons. The van der Waals surface area contributed by atoms with Crippen LogP contribution >= 0.6 is 0 Å². The number of likely N-dealkylation sites (tertiary alicyclic amines) is 1. The Morgan fingerprint density at radius 3 is 2.82 bits per heavy atom. The van der Waals surface area contributed by atoms with E-state index in [0.29, 0.717) is 44.2 Å². The Kier molecular flexibility index (Phi) is 9.25. The minimum absolute atomic E-state index is 0.116. The highest BCUT2D eigenvalue weighted by Gasteiger charge is 2.38. The lowest BCUT2D eigenvalue weighted by Gasteiger charge is -2.38. The van der Waals surface area contributed by atoms with Gasteiger partial charge < -0.3 is 24.8 Å². The molecule has 0 aromatic heterocycles. The molecule has 7 nitrogen and oxygen atoms in total. The van der Waals surface area contributed by atoms with E-state index in [2.05, 4.69) is 19.2 Å². The number of carbonyl (C=O) groups excluding carboxylic acids is 2. The predicted molar refractivity (Wildman–Crippen MR) is 106 cm³/mol. The molecule has 2 N–H and O–H groups in total. The van der Waals surface area contributed by atoms with Gasteiger partial charge in [0, 0.05) is 45.2 Å². The van der Waals surface area contributed by atoms with Gasteiger partial charge in [0.15, 0.2) is 5.76 Å². The molecule has 0 aliphatic carbocycles. The lowest BCUT2D eigenvalue weighted by atomic mass is 9.78. The van der Waals surface area contributed by atoms with Crippen LogP contribution in [0.3, 0.4) is 0 Å². The molecule has 0 unspecified atom stereocenters. The van der Waals surface area contributed by atoms with Crippen molar-refractivity contribution in [2.45, 2.75) is 59.2 Å². The lowest BCUT2D eigenvalue weighted by Crippen LogP contribution is -2.41. The zero-order valence-corrected chi connectivity index (χ0v) is 17.5. The number of aliphatic hydroxyl groups is 1. The van der Waals surface area contributed by atoms with Crippen LogP contribution in [0.4, 0.5) is 0 Å². The summed E-state index contributed by atoms with van der Waals surface area (Å²) < 4.78 is 11.7. The van der Waals surface area contributed by atoms with Gasteiger partial charge in [-0.15, -0.1) is 0 Å². The Bertz CT molecular complexity index is 549. The number of hydrogen-bond acceptors (Lipinski definition) is 5. The van der Waals surface area contributed by atoms with E-state index in [1.807, 2.05) is 17.9 Å². The molecule has 28 heavy (non-hydrogen) atoms. The average Bonchev–Trinajstić information content (AvgIpc) is 3.08. The molecule has 160 valence electrons. The standard InChI is InChI=1S/C21H36N2O5/c1-4-27-21-16(8-6-13-24)17(15(2)3)14-18(28-21)20(26)22-10-7-12-23-11-5-9-19(23)25/h14-17,21,24H,4-13H2,1-3H3,(H,22,26)/t16-,17+,21+/m1/s1. The maximum absolute atomic E-state index is 12.6. The minimum Gasteiger partial charge on any atom is -0.459 e. The molecule has 7 heteroatoms. The summed E-state index contributed by atoms with van der Waals surface area (Å²) in [7, 11) is 0. The quantitative estimate of drug-likeness (QED) is 0.522. The number of nitrogens with zero attached hydrogens (tertiary/aromatic N) is 1. The largest absolute Gasteiger partial charge is 0.459 e. The van der Waals surface area contributed by atoms with Crippen LogP contribution in [0, 0.1) is 17.8 Å². The summed E-state index contributed by atoms with van der Waals surface area (Å²) >= 11 is 0. The fraction of sp³-hybridized carbons (Fsp3) is 0.810. The molecule has 2 aliphatic rings. The first-order valence-electron chi connectivity index (χ1n) is 10.6. The van der Waals surface area contributed by atoms with Gasteiger partial charge in [0.05, 0.1) is 0 Å². The molecular weight excluding hydrogens is 360 g/mol. The Balaban J connectivity index is 1.93. The Morgan fingerprint density at radius 2 is 2.21 bits per heavy atom. The summed E-state index contributed by atoms with van der Waals surface area (Å²) in [5, 5.41) is 12.1. The highest BCUT2D eigenvalue weighted by atomic mass is 16.7. The van der Waals surface area contributed by atoms with Crippen LogP contribution in [-0.4, -0.2) is 61.0 Å². The molecule has 3 atom stereocenters. The molecule has 2 amide bonds. The van der Waals surface area contributed by atoms with E-state index in [4.69, 9.17) is 9.47 Å². The first kappa shape index (κ1) is 22.7. The fourth-order valence-corrected chi connectivity index (χ4v) is 4.02. The molecule has 0 aromatic rings. The maximum atomic E-state index is 12.6. The van der Waals surface area contributed by atoms with E-state index < -0.39 is 6.29 Å². The summed E-state index contributed by atoms with van der Waals surface area (Å²) in [5.41, 5.74) is 0. The molecule has 0 spiro atoms. The number of carbonyl (C=O) groups is 2. The molecule has 0 aromatic carbocycles. The fourth-order valence-electron chi connectivity index (χ4n) is 4.02. The predicted octanol–water partition coefficient (Wildman–Crippen LogP) is 2.05. The molecule has 2 rings (SSSR count). The van der Waals surface area contributed by atoms with Crippen molar-refractivity contribution in [3.63, 3.8) is 0 Å².